The van der Waals surface area contributed by atoms with Crippen LogP contribution in [0.3, 0.4) is 0 Å². The fraction of sp³-hybridized carbons (Fsp3) is 0.408. The van der Waals surface area contributed by atoms with Crippen LogP contribution in [0, 0.1) is 0 Å². The maximum Gasteiger partial charge on any atom is 0.412 e. The lowest BCUT2D eigenvalue weighted by atomic mass is 9.98. The van der Waals surface area contributed by atoms with Gasteiger partial charge in [-0.2, -0.15) is 0 Å². The molecule has 1 atom stereocenters. The van der Waals surface area contributed by atoms with Crippen LogP contribution >= 0.6 is 0 Å². The predicted octanol–water partition coefficient (Wildman–Crippen LogP) is 11.8. The molecule has 1 unspecified atom stereocenters. The zero-order valence-electron chi connectivity index (χ0n) is 33.4. The summed E-state index contributed by atoms with van der Waals surface area (Å²) < 4.78 is 12.3. The van der Waals surface area contributed by atoms with Gasteiger partial charge in [-0.3, -0.25) is 19.4 Å². The molecule has 4 aromatic rings. The summed E-state index contributed by atoms with van der Waals surface area (Å²) in [4.78, 5) is 42.4. The summed E-state index contributed by atoms with van der Waals surface area (Å²) in [7, 11) is 0. The first-order chi connectivity index (χ1) is 26.4. The number of rotatable bonds is 15. The van der Waals surface area contributed by atoms with E-state index in [0.29, 0.717) is 40.4 Å². The monoisotopic (exact) mass is 776 g/mol. The molecule has 5 rings (SSSR count). The summed E-state index contributed by atoms with van der Waals surface area (Å²) in [5.74, 6) is 0.872. The number of para-hydroxylation sites is 1. The fourth-order valence-electron chi connectivity index (χ4n) is 7.09. The minimum atomic E-state index is -0.707. The van der Waals surface area contributed by atoms with Crippen LogP contribution in [0.25, 0.3) is 0 Å². The number of likely N-dealkylation sites (tertiary alicyclic amines) is 1. The number of nitrogens with one attached hydrogen (secondary N) is 1. The Morgan fingerprint density at radius 1 is 0.860 bits per heavy atom. The van der Waals surface area contributed by atoms with E-state index in [2.05, 4.69) is 67.7 Å². The van der Waals surface area contributed by atoms with Gasteiger partial charge in [-0.1, -0.05) is 108 Å². The number of anilines is 2. The van der Waals surface area contributed by atoms with Crippen molar-refractivity contribution in [2.45, 2.75) is 113 Å². The molecule has 8 nitrogen and oxygen atoms in total. The average Bonchev–Trinajstić information content (AvgIpc) is 3.19. The third-order valence-electron chi connectivity index (χ3n) is 10.5. The zero-order valence-corrected chi connectivity index (χ0v) is 33.4. The summed E-state index contributed by atoms with van der Waals surface area (Å²) in [5.41, 5.74) is 4.42. The van der Waals surface area contributed by atoms with E-state index >= 15 is 0 Å². The Kier molecular flexibility index (Phi) is 17.3. The first kappa shape index (κ1) is 46.2. The van der Waals surface area contributed by atoms with E-state index in [1.54, 1.807) is 45.0 Å². The van der Waals surface area contributed by atoms with Gasteiger partial charge in [0, 0.05) is 49.1 Å². The SMILES string of the molecule is C.C.CCC(=O)N(c1ccccc1)C1CC[N+](/C=C/C(=O)c2cc(OCc3ccc(C(C)CC)cc3)ccc2NC(=O)OC(C)(C)C)(CCc2ccccc2)CC1. The lowest BCUT2D eigenvalue weighted by Gasteiger charge is -2.44. The highest BCUT2D eigenvalue weighted by Crippen LogP contribution is 2.30. The van der Waals surface area contributed by atoms with Gasteiger partial charge < -0.3 is 14.4 Å². The van der Waals surface area contributed by atoms with Gasteiger partial charge >= 0.3 is 6.09 Å². The van der Waals surface area contributed by atoms with Gasteiger partial charge in [-0.25, -0.2) is 4.79 Å². The van der Waals surface area contributed by atoms with Gasteiger partial charge in [-0.15, -0.1) is 0 Å². The molecule has 8 heteroatoms. The molecule has 0 bridgehead atoms. The molecule has 1 fully saturated rings. The van der Waals surface area contributed by atoms with Crippen LogP contribution in [0.4, 0.5) is 16.2 Å². The van der Waals surface area contributed by atoms with Crippen molar-refractivity contribution in [3.8, 4) is 5.75 Å². The van der Waals surface area contributed by atoms with Crippen molar-refractivity contribution in [2.75, 3.05) is 29.9 Å². The number of nitrogens with zero attached hydrogens (tertiary/aromatic N) is 2. The molecule has 0 radical (unpaired) electrons. The molecule has 1 aliphatic heterocycles. The van der Waals surface area contributed by atoms with Crippen LogP contribution in [0.2, 0.25) is 0 Å². The Hall–Kier alpha value is -5.21. The summed E-state index contributed by atoms with van der Waals surface area (Å²) in [6.07, 6.45) is 6.96. The number of quaternary nitrogens is 1. The summed E-state index contributed by atoms with van der Waals surface area (Å²) in [5, 5.41) is 2.80. The van der Waals surface area contributed by atoms with E-state index in [0.717, 1.165) is 56.6 Å². The number of ether oxygens (including phenoxy) is 2. The van der Waals surface area contributed by atoms with E-state index in [-0.39, 0.29) is 32.6 Å². The molecular formula is C49H66N3O5+. The summed E-state index contributed by atoms with van der Waals surface area (Å²) in [6, 6.07) is 34.0. The van der Waals surface area contributed by atoms with Crippen molar-refractivity contribution in [1.29, 1.82) is 0 Å². The number of piperidine rings is 1. The first-order valence-electron chi connectivity index (χ1n) is 19.7. The van der Waals surface area contributed by atoms with E-state index in [1.807, 2.05) is 54.4 Å². The topological polar surface area (TPSA) is 84.9 Å². The molecule has 306 valence electrons. The van der Waals surface area contributed by atoms with Crippen molar-refractivity contribution >= 4 is 29.2 Å². The third-order valence-corrected chi connectivity index (χ3v) is 10.5. The number of allylic oxidation sites excluding steroid dienone is 1. The molecule has 2 amide bonds. The number of hydrogen-bond acceptors (Lipinski definition) is 5. The summed E-state index contributed by atoms with van der Waals surface area (Å²) in [6.45, 7) is 14.4. The normalized spacial score (nSPS) is 17.1. The van der Waals surface area contributed by atoms with Crippen molar-refractivity contribution in [3.63, 3.8) is 0 Å². The third kappa shape index (κ3) is 13.2. The van der Waals surface area contributed by atoms with Crippen LogP contribution in [0.1, 0.15) is 115 Å². The predicted molar refractivity (Wildman–Crippen MR) is 235 cm³/mol. The smallest absolute Gasteiger partial charge is 0.412 e. The molecule has 57 heavy (non-hydrogen) atoms. The molecule has 0 saturated carbocycles. The van der Waals surface area contributed by atoms with Crippen molar-refractivity contribution in [1.82, 2.24) is 0 Å². The minimum absolute atomic E-state index is 0. The molecule has 0 spiro atoms. The van der Waals surface area contributed by atoms with Crippen LogP contribution in [-0.4, -0.2) is 53.5 Å². The number of ketones is 1. The number of amides is 2. The van der Waals surface area contributed by atoms with Gasteiger partial charge in [0.05, 0.1) is 31.5 Å². The number of benzene rings is 4. The zero-order chi connectivity index (χ0) is 39.4. The Morgan fingerprint density at radius 2 is 1.49 bits per heavy atom. The van der Waals surface area contributed by atoms with Gasteiger partial charge in [0.15, 0.2) is 5.78 Å². The molecule has 0 aromatic heterocycles. The van der Waals surface area contributed by atoms with Crippen LogP contribution in [0.15, 0.2) is 115 Å². The lowest BCUT2D eigenvalue weighted by Crippen LogP contribution is -2.55. The Balaban J connectivity index is 0.00000435. The van der Waals surface area contributed by atoms with Crippen molar-refractivity contribution in [3.05, 3.63) is 138 Å². The first-order valence-corrected chi connectivity index (χ1v) is 19.7. The van der Waals surface area contributed by atoms with Crippen molar-refractivity contribution in [2.24, 2.45) is 0 Å². The largest absolute Gasteiger partial charge is 0.489 e. The molecule has 0 aliphatic carbocycles. The lowest BCUT2D eigenvalue weighted by molar-refractivity contribution is -0.884. The van der Waals surface area contributed by atoms with Gasteiger partial charge in [0.1, 0.15) is 18.0 Å². The Bertz CT molecular complexity index is 1890. The molecule has 4 aromatic carbocycles. The van der Waals surface area contributed by atoms with E-state index < -0.39 is 11.7 Å². The van der Waals surface area contributed by atoms with Crippen LogP contribution in [0.5, 0.6) is 5.75 Å². The second-order valence-corrected chi connectivity index (χ2v) is 15.7. The van der Waals surface area contributed by atoms with E-state index in [4.69, 9.17) is 9.47 Å². The summed E-state index contributed by atoms with van der Waals surface area (Å²) >= 11 is 0. The Morgan fingerprint density at radius 3 is 2.09 bits per heavy atom. The van der Waals surface area contributed by atoms with Gasteiger partial charge in [0.25, 0.3) is 0 Å². The van der Waals surface area contributed by atoms with Crippen molar-refractivity contribution < 1.29 is 28.3 Å². The molecular weight excluding hydrogens is 711 g/mol. The highest BCUT2D eigenvalue weighted by molar-refractivity contribution is 6.10. The molecule has 1 aliphatic rings. The van der Waals surface area contributed by atoms with Crippen LogP contribution < -0.4 is 15.0 Å². The minimum Gasteiger partial charge on any atom is -0.489 e. The number of carbonyl (C=O) groups is 3. The second kappa shape index (κ2) is 21.4. The second-order valence-electron chi connectivity index (χ2n) is 15.7. The number of carbonyl (C=O) groups excluding carboxylic acids is 3. The maximum absolute atomic E-state index is 14.2. The molecule has 1 N–H and O–H groups in total. The fourth-order valence-corrected chi connectivity index (χ4v) is 7.09. The maximum atomic E-state index is 14.2. The molecule has 1 saturated heterocycles. The quantitative estimate of drug-likeness (QED) is 0.0738. The van der Waals surface area contributed by atoms with Crippen LogP contribution in [-0.2, 0) is 22.6 Å². The van der Waals surface area contributed by atoms with Gasteiger partial charge in [-0.05, 0) is 80.1 Å². The van der Waals surface area contributed by atoms with E-state index in [1.165, 1.54) is 11.1 Å². The van der Waals surface area contributed by atoms with Gasteiger partial charge in [0.2, 0.25) is 5.91 Å². The molecule has 1 heterocycles. The van der Waals surface area contributed by atoms with E-state index in [9.17, 15) is 14.4 Å². The average molecular weight is 777 g/mol. The number of hydrogen-bond donors (Lipinski definition) is 1. The highest BCUT2D eigenvalue weighted by atomic mass is 16.6. The standard InChI is InChI=1S/C47H57N3O5.2CH4/c1-7-35(3)38-21-19-37(20-22-38)34-54-41-23-24-43(48-46(53)55-47(4,5)6)42(33-41)44(51)28-32-50(29-25-36-15-11-9-12-16-36)30-26-40(27-31-50)49(45(52)8-2)39-17-13-10-14-18-39;;/h9-24,28,32-33,35,40H,7-8,25-27,29-31,34H2,1-6H3;2*1H4/p+1/b32-28+;;. The highest BCUT2D eigenvalue weighted by Gasteiger charge is 2.37. The Labute approximate surface area is 342 Å².